The van der Waals surface area contributed by atoms with Crippen LogP contribution < -0.4 is 10.1 Å². The number of imidazole rings is 1. The fourth-order valence-corrected chi connectivity index (χ4v) is 2.30. The van der Waals surface area contributed by atoms with Crippen molar-refractivity contribution in [2.45, 2.75) is 6.92 Å². The molecule has 7 heteroatoms. The Hall–Kier alpha value is -3.06. The number of anilines is 2. The number of methoxy groups -OCH3 is 1. The summed E-state index contributed by atoms with van der Waals surface area (Å²) in [4.78, 5) is 16.0. The lowest BCUT2D eigenvalue weighted by molar-refractivity contribution is 0.0510. The smallest absolute Gasteiger partial charge is 0.358 e. The maximum atomic E-state index is 11.8. The molecule has 25 heavy (non-hydrogen) atoms. The van der Waals surface area contributed by atoms with Gasteiger partial charge in [0, 0.05) is 25.2 Å². The van der Waals surface area contributed by atoms with Gasteiger partial charge in [0.05, 0.1) is 12.3 Å². The van der Waals surface area contributed by atoms with E-state index in [0.717, 1.165) is 17.1 Å². The summed E-state index contributed by atoms with van der Waals surface area (Å²) in [5, 5.41) is 3.29. The number of benzene rings is 1. The van der Waals surface area contributed by atoms with Gasteiger partial charge in [-0.15, -0.1) is 0 Å². The van der Waals surface area contributed by atoms with Crippen LogP contribution in [0.1, 0.15) is 17.4 Å². The van der Waals surface area contributed by atoms with E-state index in [0.29, 0.717) is 17.9 Å². The summed E-state index contributed by atoms with van der Waals surface area (Å²) in [5.74, 6) is 0.309. The molecule has 0 aliphatic rings. The van der Waals surface area contributed by atoms with Gasteiger partial charge in [-0.1, -0.05) is 0 Å². The van der Waals surface area contributed by atoms with Gasteiger partial charge >= 0.3 is 5.97 Å². The number of carbonyl (C=O) groups excluding carboxylic acids is 1. The Labute approximate surface area is 145 Å². The van der Waals surface area contributed by atoms with Gasteiger partial charge in [-0.2, -0.15) is 0 Å². The second-order valence-electron chi connectivity index (χ2n) is 5.23. The van der Waals surface area contributed by atoms with Crippen molar-refractivity contribution < 1.29 is 19.0 Å². The van der Waals surface area contributed by atoms with Crippen LogP contribution in [0.15, 0.2) is 48.8 Å². The third-order valence-electron chi connectivity index (χ3n) is 3.42. The standard InChI is InChI=1S/C18H19N3O4/c1-3-24-18(22)16-11-21-10-14(6-9-17(21)20-16)19-13-4-7-15(8-5-13)25-12-23-2/h4-11,19H,3,12H2,1-2H3. The molecule has 0 aliphatic carbocycles. The number of aromatic nitrogens is 2. The van der Waals surface area contributed by atoms with Crippen molar-refractivity contribution in [3.05, 3.63) is 54.5 Å². The van der Waals surface area contributed by atoms with Gasteiger partial charge in [-0.05, 0) is 43.3 Å². The van der Waals surface area contributed by atoms with Gasteiger partial charge < -0.3 is 23.9 Å². The summed E-state index contributed by atoms with van der Waals surface area (Å²) in [6.45, 7) is 2.30. The van der Waals surface area contributed by atoms with Crippen LogP contribution in [0.25, 0.3) is 5.65 Å². The number of nitrogens with zero attached hydrogens (tertiary/aromatic N) is 2. The SMILES string of the molecule is CCOC(=O)c1cn2cc(Nc3ccc(OCOC)cc3)ccc2n1. The maximum Gasteiger partial charge on any atom is 0.358 e. The zero-order chi connectivity index (χ0) is 17.6. The molecule has 3 aromatic rings. The summed E-state index contributed by atoms with van der Waals surface area (Å²) in [6, 6.07) is 11.3. The molecule has 2 heterocycles. The number of ether oxygens (including phenoxy) is 3. The largest absolute Gasteiger partial charge is 0.468 e. The Morgan fingerprint density at radius 3 is 2.60 bits per heavy atom. The van der Waals surface area contributed by atoms with E-state index in [1.165, 1.54) is 0 Å². The topological polar surface area (TPSA) is 74.1 Å². The highest BCUT2D eigenvalue weighted by atomic mass is 16.7. The fourth-order valence-electron chi connectivity index (χ4n) is 2.30. The molecule has 1 N–H and O–H groups in total. The predicted octanol–water partition coefficient (Wildman–Crippen LogP) is 3.24. The quantitative estimate of drug-likeness (QED) is 0.525. The van der Waals surface area contributed by atoms with E-state index >= 15 is 0 Å². The van der Waals surface area contributed by atoms with E-state index in [1.54, 1.807) is 24.6 Å². The van der Waals surface area contributed by atoms with Crippen LogP contribution in [0, 0.1) is 0 Å². The summed E-state index contributed by atoms with van der Waals surface area (Å²) < 4.78 is 17.0. The van der Waals surface area contributed by atoms with Crippen molar-refractivity contribution >= 4 is 23.0 Å². The number of rotatable bonds is 7. The molecule has 0 atom stereocenters. The van der Waals surface area contributed by atoms with Gasteiger partial charge in [0.1, 0.15) is 11.4 Å². The first-order chi connectivity index (χ1) is 12.2. The van der Waals surface area contributed by atoms with Gasteiger partial charge in [0.15, 0.2) is 12.5 Å². The molecule has 2 aromatic heterocycles. The lowest BCUT2D eigenvalue weighted by atomic mass is 10.3. The number of carbonyl (C=O) groups is 1. The van der Waals surface area contributed by atoms with Crippen LogP contribution in [0.3, 0.4) is 0 Å². The lowest BCUT2D eigenvalue weighted by Gasteiger charge is -2.08. The van der Waals surface area contributed by atoms with Crippen LogP contribution in [0.4, 0.5) is 11.4 Å². The second-order valence-corrected chi connectivity index (χ2v) is 5.23. The van der Waals surface area contributed by atoms with Crippen molar-refractivity contribution in [3.8, 4) is 5.75 Å². The van der Waals surface area contributed by atoms with Gasteiger partial charge in [-0.25, -0.2) is 9.78 Å². The molecule has 0 unspecified atom stereocenters. The minimum atomic E-state index is -0.424. The number of hydrogen-bond acceptors (Lipinski definition) is 6. The van der Waals surface area contributed by atoms with Crippen molar-refractivity contribution in [3.63, 3.8) is 0 Å². The van der Waals surface area contributed by atoms with E-state index in [4.69, 9.17) is 14.2 Å². The second kappa shape index (κ2) is 7.67. The highest BCUT2D eigenvalue weighted by Gasteiger charge is 2.11. The third-order valence-corrected chi connectivity index (χ3v) is 3.42. The summed E-state index contributed by atoms with van der Waals surface area (Å²) in [6.07, 6.45) is 3.51. The first-order valence-corrected chi connectivity index (χ1v) is 7.84. The molecule has 1 aromatic carbocycles. The van der Waals surface area contributed by atoms with E-state index in [2.05, 4.69) is 10.3 Å². The summed E-state index contributed by atoms with van der Waals surface area (Å²) in [5.41, 5.74) is 2.75. The molecule has 0 saturated carbocycles. The molecule has 0 aliphatic heterocycles. The number of hydrogen-bond donors (Lipinski definition) is 1. The Balaban J connectivity index is 1.74. The molecule has 0 fully saturated rings. The third kappa shape index (κ3) is 4.07. The van der Waals surface area contributed by atoms with E-state index in [1.807, 2.05) is 42.6 Å². The molecule has 0 saturated heterocycles. The van der Waals surface area contributed by atoms with E-state index in [-0.39, 0.29) is 6.79 Å². The average Bonchev–Trinajstić information content (AvgIpc) is 3.05. The number of nitrogens with one attached hydrogen (secondary N) is 1. The number of pyridine rings is 1. The average molecular weight is 341 g/mol. The first-order valence-electron chi connectivity index (χ1n) is 7.84. The molecular weight excluding hydrogens is 322 g/mol. The monoisotopic (exact) mass is 341 g/mol. The minimum Gasteiger partial charge on any atom is -0.468 e. The molecule has 130 valence electrons. The molecule has 3 rings (SSSR count). The lowest BCUT2D eigenvalue weighted by Crippen LogP contribution is -2.04. The molecular formula is C18H19N3O4. The highest BCUT2D eigenvalue weighted by molar-refractivity contribution is 5.88. The zero-order valence-corrected chi connectivity index (χ0v) is 14.1. The van der Waals surface area contributed by atoms with E-state index < -0.39 is 5.97 Å². The van der Waals surface area contributed by atoms with Crippen LogP contribution in [-0.2, 0) is 9.47 Å². The minimum absolute atomic E-state index is 0.215. The number of esters is 1. The maximum absolute atomic E-state index is 11.8. The van der Waals surface area contributed by atoms with Crippen molar-refractivity contribution in [2.24, 2.45) is 0 Å². The Kier molecular flexibility index (Phi) is 5.15. The summed E-state index contributed by atoms with van der Waals surface area (Å²) >= 11 is 0. The predicted molar refractivity (Wildman–Crippen MR) is 93.4 cm³/mol. The van der Waals surface area contributed by atoms with Gasteiger partial charge in [0.25, 0.3) is 0 Å². The molecule has 0 spiro atoms. The van der Waals surface area contributed by atoms with Crippen molar-refractivity contribution in [2.75, 3.05) is 25.8 Å². The van der Waals surface area contributed by atoms with Crippen molar-refractivity contribution in [1.29, 1.82) is 0 Å². The Morgan fingerprint density at radius 2 is 1.88 bits per heavy atom. The highest BCUT2D eigenvalue weighted by Crippen LogP contribution is 2.21. The van der Waals surface area contributed by atoms with Gasteiger partial charge in [0.2, 0.25) is 0 Å². The normalized spacial score (nSPS) is 10.6. The number of fused-ring (bicyclic) bond motifs is 1. The summed E-state index contributed by atoms with van der Waals surface area (Å²) in [7, 11) is 1.58. The van der Waals surface area contributed by atoms with Crippen LogP contribution in [-0.4, -0.2) is 35.9 Å². The van der Waals surface area contributed by atoms with Crippen molar-refractivity contribution in [1.82, 2.24) is 9.38 Å². The Bertz CT molecular complexity index is 858. The molecule has 7 nitrogen and oxygen atoms in total. The first kappa shape index (κ1) is 16.8. The molecule has 0 amide bonds. The zero-order valence-electron chi connectivity index (χ0n) is 14.1. The van der Waals surface area contributed by atoms with E-state index in [9.17, 15) is 4.79 Å². The van der Waals surface area contributed by atoms with Crippen LogP contribution in [0.2, 0.25) is 0 Å². The van der Waals surface area contributed by atoms with Crippen LogP contribution >= 0.6 is 0 Å². The Morgan fingerprint density at radius 1 is 1.12 bits per heavy atom. The molecule has 0 radical (unpaired) electrons. The van der Waals surface area contributed by atoms with Gasteiger partial charge in [-0.3, -0.25) is 0 Å². The molecule has 0 bridgehead atoms. The fraction of sp³-hybridized carbons (Fsp3) is 0.222. The van der Waals surface area contributed by atoms with Crippen LogP contribution in [0.5, 0.6) is 5.75 Å².